The normalized spacial score (nSPS) is 10.2. The third-order valence-electron chi connectivity index (χ3n) is 2.25. The van der Waals surface area contributed by atoms with E-state index in [1.807, 2.05) is 36.0 Å². The van der Waals surface area contributed by atoms with Crippen molar-refractivity contribution in [1.29, 1.82) is 0 Å². The van der Waals surface area contributed by atoms with Crippen LogP contribution in [0.4, 0.5) is 0 Å². The summed E-state index contributed by atoms with van der Waals surface area (Å²) < 4.78 is 4.98. The Morgan fingerprint density at radius 3 is 2.59 bits per heavy atom. The fourth-order valence-electron chi connectivity index (χ4n) is 1.32. The molecule has 0 heterocycles. The average Bonchev–Trinajstić information content (AvgIpc) is 2.36. The summed E-state index contributed by atoms with van der Waals surface area (Å²) in [5.41, 5.74) is 4.34. The maximum absolute atomic E-state index is 11.1. The van der Waals surface area contributed by atoms with Gasteiger partial charge in [0.15, 0.2) is 0 Å². The van der Waals surface area contributed by atoms with Crippen LogP contribution in [0.3, 0.4) is 0 Å². The smallest absolute Gasteiger partial charge is 0.238 e. The zero-order chi connectivity index (χ0) is 12.5. The van der Waals surface area contributed by atoms with Crippen LogP contribution in [0, 0.1) is 0 Å². The number of carbonyl (C=O) groups is 1. The maximum Gasteiger partial charge on any atom is 0.238 e. The Labute approximate surface area is 106 Å². The molecule has 3 N–H and O–H groups in total. The van der Waals surface area contributed by atoms with Crippen LogP contribution in [-0.2, 0) is 21.7 Å². The quantitative estimate of drug-likeness (QED) is 0.331. The van der Waals surface area contributed by atoms with Crippen LogP contribution < -0.4 is 11.3 Å². The highest BCUT2D eigenvalue weighted by atomic mass is 32.2. The van der Waals surface area contributed by atoms with Crippen LogP contribution >= 0.6 is 11.8 Å². The third kappa shape index (κ3) is 5.72. The van der Waals surface area contributed by atoms with Crippen LogP contribution in [-0.4, -0.2) is 25.4 Å². The van der Waals surface area contributed by atoms with Crippen LogP contribution in [0.25, 0.3) is 0 Å². The highest BCUT2D eigenvalue weighted by molar-refractivity contribution is 7.98. The molecule has 17 heavy (non-hydrogen) atoms. The van der Waals surface area contributed by atoms with Gasteiger partial charge in [0, 0.05) is 18.6 Å². The van der Waals surface area contributed by atoms with Crippen molar-refractivity contribution in [2.45, 2.75) is 12.2 Å². The largest absolute Gasteiger partial charge is 0.384 e. The van der Waals surface area contributed by atoms with Crippen LogP contribution in [0.15, 0.2) is 24.3 Å². The predicted octanol–water partition coefficient (Wildman–Crippen LogP) is 1.10. The van der Waals surface area contributed by atoms with Crippen LogP contribution in [0.5, 0.6) is 0 Å². The Hall–Kier alpha value is -1.04. The van der Waals surface area contributed by atoms with E-state index in [1.165, 1.54) is 5.56 Å². The molecular formula is C12H18N2O2S. The standard InChI is InChI=1S/C12H18N2O2S/c1-16-6-7-17-9-11-4-2-10(3-5-11)8-12(15)14-13/h2-5H,6-9,13H2,1H3,(H,14,15). The van der Waals surface area contributed by atoms with Gasteiger partial charge in [-0.2, -0.15) is 11.8 Å². The molecule has 0 radical (unpaired) electrons. The zero-order valence-electron chi connectivity index (χ0n) is 9.94. The summed E-state index contributed by atoms with van der Waals surface area (Å²) in [6.45, 7) is 0.777. The molecule has 0 aromatic heterocycles. The SMILES string of the molecule is COCCSCc1ccc(CC(=O)NN)cc1. The van der Waals surface area contributed by atoms with Gasteiger partial charge in [-0.15, -0.1) is 0 Å². The number of thioether (sulfide) groups is 1. The molecule has 0 spiro atoms. The molecule has 0 fully saturated rings. The topological polar surface area (TPSA) is 64.3 Å². The first-order chi connectivity index (χ1) is 8.26. The van der Waals surface area contributed by atoms with E-state index in [1.54, 1.807) is 7.11 Å². The number of hydrogen-bond donors (Lipinski definition) is 2. The van der Waals surface area contributed by atoms with E-state index in [-0.39, 0.29) is 5.91 Å². The zero-order valence-corrected chi connectivity index (χ0v) is 10.8. The summed E-state index contributed by atoms with van der Waals surface area (Å²) in [6, 6.07) is 8.00. The number of nitrogens with one attached hydrogen (secondary N) is 1. The van der Waals surface area contributed by atoms with Gasteiger partial charge in [0.05, 0.1) is 13.0 Å². The first kappa shape index (κ1) is 14.0. The lowest BCUT2D eigenvalue weighted by molar-refractivity contribution is -0.120. The second-order valence-corrected chi connectivity index (χ2v) is 4.71. The molecule has 1 amide bonds. The lowest BCUT2D eigenvalue weighted by Crippen LogP contribution is -2.31. The Morgan fingerprint density at radius 1 is 1.35 bits per heavy atom. The molecule has 5 heteroatoms. The maximum atomic E-state index is 11.1. The molecule has 0 unspecified atom stereocenters. The van der Waals surface area contributed by atoms with E-state index in [2.05, 4.69) is 5.43 Å². The molecule has 4 nitrogen and oxygen atoms in total. The van der Waals surface area contributed by atoms with Crippen molar-refractivity contribution < 1.29 is 9.53 Å². The Balaban J connectivity index is 2.36. The Morgan fingerprint density at radius 2 is 2.00 bits per heavy atom. The molecule has 0 aliphatic heterocycles. The molecule has 1 aromatic rings. The number of carbonyl (C=O) groups excluding carboxylic acids is 1. The van der Waals surface area contributed by atoms with E-state index in [0.717, 1.165) is 23.7 Å². The highest BCUT2D eigenvalue weighted by Gasteiger charge is 2.01. The number of benzene rings is 1. The number of ether oxygens (including phenoxy) is 1. The fourth-order valence-corrected chi connectivity index (χ4v) is 2.18. The molecule has 1 aromatic carbocycles. The predicted molar refractivity (Wildman–Crippen MR) is 70.5 cm³/mol. The summed E-state index contributed by atoms with van der Waals surface area (Å²) in [7, 11) is 1.71. The molecule has 0 bridgehead atoms. The number of hydrogen-bond acceptors (Lipinski definition) is 4. The van der Waals surface area contributed by atoms with E-state index < -0.39 is 0 Å². The first-order valence-corrected chi connectivity index (χ1v) is 6.55. The van der Waals surface area contributed by atoms with E-state index in [9.17, 15) is 4.79 Å². The average molecular weight is 254 g/mol. The summed E-state index contributed by atoms with van der Waals surface area (Å²) >= 11 is 1.83. The number of hydrazine groups is 1. The van der Waals surface area contributed by atoms with Gasteiger partial charge < -0.3 is 4.74 Å². The second-order valence-electron chi connectivity index (χ2n) is 3.61. The lowest BCUT2D eigenvalue weighted by Gasteiger charge is -2.04. The minimum Gasteiger partial charge on any atom is -0.384 e. The molecule has 0 atom stereocenters. The van der Waals surface area contributed by atoms with Crippen LogP contribution in [0.1, 0.15) is 11.1 Å². The van der Waals surface area contributed by atoms with E-state index in [4.69, 9.17) is 10.6 Å². The molecule has 0 aliphatic carbocycles. The highest BCUT2D eigenvalue weighted by Crippen LogP contribution is 2.13. The van der Waals surface area contributed by atoms with Crippen molar-refractivity contribution in [3.63, 3.8) is 0 Å². The monoisotopic (exact) mass is 254 g/mol. The molecule has 0 saturated heterocycles. The van der Waals surface area contributed by atoms with Crippen molar-refractivity contribution in [2.24, 2.45) is 5.84 Å². The van der Waals surface area contributed by atoms with Crippen LogP contribution in [0.2, 0.25) is 0 Å². The van der Waals surface area contributed by atoms with Gasteiger partial charge in [-0.1, -0.05) is 24.3 Å². The van der Waals surface area contributed by atoms with Crippen molar-refractivity contribution in [2.75, 3.05) is 19.5 Å². The summed E-state index contributed by atoms with van der Waals surface area (Å²) in [5.74, 6) is 6.81. The minimum absolute atomic E-state index is 0.174. The third-order valence-corrected chi connectivity index (χ3v) is 3.24. The summed E-state index contributed by atoms with van der Waals surface area (Å²) in [4.78, 5) is 11.1. The Bertz CT molecular complexity index is 341. The number of nitrogens with two attached hydrogens (primary N) is 1. The van der Waals surface area contributed by atoms with Gasteiger partial charge in [0.25, 0.3) is 0 Å². The molecule has 0 aliphatic rings. The lowest BCUT2D eigenvalue weighted by atomic mass is 10.1. The van der Waals surface area contributed by atoms with Crippen molar-refractivity contribution in [1.82, 2.24) is 5.43 Å². The van der Waals surface area contributed by atoms with E-state index in [0.29, 0.717) is 6.42 Å². The minimum atomic E-state index is -0.174. The second kappa shape index (κ2) is 8.11. The van der Waals surface area contributed by atoms with Gasteiger partial charge in [-0.25, -0.2) is 5.84 Å². The van der Waals surface area contributed by atoms with Gasteiger partial charge in [-0.3, -0.25) is 10.2 Å². The number of amides is 1. The summed E-state index contributed by atoms with van der Waals surface area (Å²) in [5, 5.41) is 0. The van der Waals surface area contributed by atoms with Crippen molar-refractivity contribution in [3.8, 4) is 0 Å². The first-order valence-electron chi connectivity index (χ1n) is 5.40. The number of methoxy groups -OCH3 is 1. The number of rotatable bonds is 7. The van der Waals surface area contributed by atoms with E-state index >= 15 is 0 Å². The molecule has 94 valence electrons. The van der Waals surface area contributed by atoms with Gasteiger partial charge in [0.1, 0.15) is 0 Å². The molecule has 1 rings (SSSR count). The summed E-state index contributed by atoms with van der Waals surface area (Å²) in [6.07, 6.45) is 0.327. The fraction of sp³-hybridized carbons (Fsp3) is 0.417. The molecule has 0 saturated carbocycles. The van der Waals surface area contributed by atoms with Crippen molar-refractivity contribution >= 4 is 17.7 Å². The van der Waals surface area contributed by atoms with Gasteiger partial charge in [0.2, 0.25) is 5.91 Å². The molecular weight excluding hydrogens is 236 g/mol. The van der Waals surface area contributed by atoms with Crippen molar-refractivity contribution in [3.05, 3.63) is 35.4 Å². The Kier molecular flexibility index (Phi) is 6.69. The van der Waals surface area contributed by atoms with Gasteiger partial charge >= 0.3 is 0 Å². The van der Waals surface area contributed by atoms with Gasteiger partial charge in [-0.05, 0) is 11.1 Å².